The van der Waals surface area contributed by atoms with Crippen molar-refractivity contribution in [1.82, 2.24) is 10.2 Å². The summed E-state index contributed by atoms with van der Waals surface area (Å²) in [4.78, 5) is 23.7. The van der Waals surface area contributed by atoms with Crippen molar-refractivity contribution < 1.29 is 14.7 Å². The zero-order chi connectivity index (χ0) is 12.8. The van der Waals surface area contributed by atoms with Crippen molar-refractivity contribution in [3.8, 4) is 0 Å². The van der Waals surface area contributed by atoms with Gasteiger partial charge in [-0.2, -0.15) is 0 Å². The minimum Gasteiger partial charge on any atom is -0.480 e. The Morgan fingerprint density at radius 1 is 1.29 bits per heavy atom. The van der Waals surface area contributed by atoms with Crippen LogP contribution >= 0.6 is 0 Å². The van der Waals surface area contributed by atoms with Crippen molar-refractivity contribution in [2.24, 2.45) is 0 Å². The van der Waals surface area contributed by atoms with E-state index in [1.165, 1.54) is 0 Å². The van der Waals surface area contributed by atoms with Crippen LogP contribution in [0, 0.1) is 0 Å². The minimum absolute atomic E-state index is 0.0273. The third-order valence-electron chi connectivity index (χ3n) is 3.42. The molecule has 0 bridgehead atoms. The van der Waals surface area contributed by atoms with Gasteiger partial charge in [0.25, 0.3) is 0 Å². The maximum atomic E-state index is 11.4. The van der Waals surface area contributed by atoms with E-state index in [-0.39, 0.29) is 18.5 Å². The molecule has 1 amide bonds. The molecular formula is C12H22N2O3. The highest BCUT2D eigenvalue weighted by Gasteiger charge is 2.26. The van der Waals surface area contributed by atoms with Crippen LogP contribution in [0.5, 0.6) is 0 Å². The molecule has 1 fully saturated rings. The molecule has 1 aliphatic rings. The Morgan fingerprint density at radius 2 is 1.88 bits per heavy atom. The lowest BCUT2D eigenvalue weighted by Crippen LogP contribution is -2.45. The Morgan fingerprint density at radius 3 is 2.29 bits per heavy atom. The van der Waals surface area contributed by atoms with Crippen LogP contribution in [0.1, 0.15) is 39.5 Å². The SMILES string of the molecule is CCN(C(C)=O)C1CCC(NCC(=O)O)CC1. The lowest BCUT2D eigenvalue weighted by Gasteiger charge is -2.36. The van der Waals surface area contributed by atoms with Gasteiger partial charge in [-0.3, -0.25) is 9.59 Å². The fraction of sp³-hybridized carbons (Fsp3) is 0.833. The summed E-state index contributed by atoms with van der Waals surface area (Å²) in [6.45, 7) is 4.39. The van der Waals surface area contributed by atoms with Crippen LogP contribution < -0.4 is 5.32 Å². The van der Waals surface area contributed by atoms with Crippen LogP contribution in [0.4, 0.5) is 0 Å². The number of nitrogens with one attached hydrogen (secondary N) is 1. The van der Waals surface area contributed by atoms with E-state index in [4.69, 9.17) is 5.11 Å². The molecule has 0 radical (unpaired) electrons. The van der Waals surface area contributed by atoms with Gasteiger partial charge in [-0.1, -0.05) is 0 Å². The number of rotatable bonds is 5. The fourth-order valence-electron chi connectivity index (χ4n) is 2.56. The van der Waals surface area contributed by atoms with Crippen molar-refractivity contribution in [1.29, 1.82) is 0 Å². The highest BCUT2D eigenvalue weighted by Crippen LogP contribution is 2.23. The Hall–Kier alpha value is -1.10. The molecule has 1 aliphatic carbocycles. The average Bonchev–Trinajstić information content (AvgIpc) is 2.28. The maximum Gasteiger partial charge on any atom is 0.317 e. The number of amides is 1. The number of aliphatic carboxylic acids is 1. The number of carboxylic acids is 1. The van der Waals surface area contributed by atoms with Gasteiger partial charge in [-0.25, -0.2) is 0 Å². The maximum absolute atomic E-state index is 11.4. The second-order valence-electron chi connectivity index (χ2n) is 4.59. The molecule has 0 saturated heterocycles. The number of carboxylic acid groups (broad SMARTS) is 1. The van der Waals surface area contributed by atoms with Gasteiger partial charge in [0.15, 0.2) is 0 Å². The van der Waals surface area contributed by atoms with Gasteiger partial charge in [0.1, 0.15) is 0 Å². The van der Waals surface area contributed by atoms with E-state index in [9.17, 15) is 9.59 Å². The fourth-order valence-corrected chi connectivity index (χ4v) is 2.56. The van der Waals surface area contributed by atoms with E-state index < -0.39 is 5.97 Å². The van der Waals surface area contributed by atoms with Crippen LogP contribution in [0.2, 0.25) is 0 Å². The molecule has 2 N–H and O–H groups in total. The van der Waals surface area contributed by atoms with Crippen LogP contribution in [0.3, 0.4) is 0 Å². The summed E-state index contributed by atoms with van der Waals surface area (Å²) in [5.74, 6) is -0.680. The molecule has 5 heteroatoms. The summed E-state index contributed by atoms with van der Waals surface area (Å²) in [5, 5.41) is 11.6. The van der Waals surface area contributed by atoms with Gasteiger partial charge in [0.05, 0.1) is 6.54 Å². The average molecular weight is 242 g/mol. The van der Waals surface area contributed by atoms with E-state index in [0.29, 0.717) is 6.04 Å². The zero-order valence-corrected chi connectivity index (χ0v) is 10.6. The Kier molecular flexibility index (Phi) is 5.41. The molecule has 1 rings (SSSR count). The number of carbonyl (C=O) groups is 2. The zero-order valence-electron chi connectivity index (χ0n) is 10.6. The van der Waals surface area contributed by atoms with Gasteiger partial charge in [-0.15, -0.1) is 0 Å². The van der Waals surface area contributed by atoms with Crippen LogP contribution in [-0.2, 0) is 9.59 Å². The van der Waals surface area contributed by atoms with E-state index in [0.717, 1.165) is 32.2 Å². The second-order valence-corrected chi connectivity index (χ2v) is 4.59. The largest absolute Gasteiger partial charge is 0.480 e. The third-order valence-corrected chi connectivity index (χ3v) is 3.42. The third kappa shape index (κ3) is 4.34. The van der Waals surface area contributed by atoms with Gasteiger partial charge >= 0.3 is 5.97 Å². The Labute approximate surface area is 102 Å². The van der Waals surface area contributed by atoms with Crippen LogP contribution in [-0.4, -0.2) is 47.1 Å². The summed E-state index contributed by atoms with van der Waals surface area (Å²) in [6, 6.07) is 0.619. The molecule has 0 unspecified atom stereocenters. The first-order valence-electron chi connectivity index (χ1n) is 6.27. The molecule has 98 valence electrons. The molecule has 0 atom stereocenters. The first-order chi connectivity index (χ1) is 8.04. The summed E-state index contributed by atoms with van der Waals surface area (Å²) in [5.41, 5.74) is 0. The predicted octanol–water partition coefficient (Wildman–Crippen LogP) is 0.840. The highest BCUT2D eigenvalue weighted by molar-refractivity contribution is 5.73. The van der Waals surface area contributed by atoms with Crippen molar-refractivity contribution in [2.75, 3.05) is 13.1 Å². The first-order valence-corrected chi connectivity index (χ1v) is 6.27. The minimum atomic E-state index is -0.814. The molecule has 1 saturated carbocycles. The Bertz CT molecular complexity index is 273. The lowest BCUT2D eigenvalue weighted by molar-refractivity contribution is -0.136. The molecule has 0 heterocycles. The van der Waals surface area contributed by atoms with E-state index in [2.05, 4.69) is 5.32 Å². The van der Waals surface area contributed by atoms with E-state index in [1.807, 2.05) is 11.8 Å². The number of hydrogen-bond donors (Lipinski definition) is 2. The highest BCUT2D eigenvalue weighted by atomic mass is 16.4. The summed E-state index contributed by atoms with van der Waals surface area (Å²) in [6.07, 6.45) is 3.82. The molecule has 0 spiro atoms. The molecule has 5 nitrogen and oxygen atoms in total. The number of hydrogen-bond acceptors (Lipinski definition) is 3. The van der Waals surface area contributed by atoms with Crippen LogP contribution in [0.25, 0.3) is 0 Å². The van der Waals surface area contributed by atoms with Crippen molar-refractivity contribution in [3.05, 3.63) is 0 Å². The topological polar surface area (TPSA) is 69.6 Å². The van der Waals surface area contributed by atoms with E-state index in [1.54, 1.807) is 6.92 Å². The molecular weight excluding hydrogens is 220 g/mol. The summed E-state index contributed by atoms with van der Waals surface area (Å²) < 4.78 is 0. The smallest absolute Gasteiger partial charge is 0.317 e. The van der Waals surface area contributed by atoms with Gasteiger partial charge in [0, 0.05) is 25.6 Å². The first kappa shape index (κ1) is 14.0. The van der Waals surface area contributed by atoms with Gasteiger partial charge < -0.3 is 15.3 Å². The standard InChI is InChI=1S/C12H22N2O3/c1-3-14(9(2)15)11-6-4-10(5-7-11)13-8-12(16)17/h10-11,13H,3-8H2,1-2H3,(H,16,17). The van der Waals surface area contributed by atoms with Crippen molar-refractivity contribution in [3.63, 3.8) is 0 Å². The predicted molar refractivity (Wildman–Crippen MR) is 64.7 cm³/mol. The molecule has 0 aliphatic heterocycles. The molecule has 0 aromatic heterocycles. The Balaban J connectivity index is 2.34. The lowest BCUT2D eigenvalue weighted by atomic mass is 9.90. The van der Waals surface area contributed by atoms with Gasteiger partial charge in [0.2, 0.25) is 5.91 Å². The van der Waals surface area contributed by atoms with Gasteiger partial charge in [-0.05, 0) is 32.6 Å². The van der Waals surface area contributed by atoms with E-state index >= 15 is 0 Å². The van der Waals surface area contributed by atoms with Crippen molar-refractivity contribution in [2.45, 2.75) is 51.6 Å². The van der Waals surface area contributed by atoms with Crippen LogP contribution in [0.15, 0.2) is 0 Å². The monoisotopic (exact) mass is 242 g/mol. The molecule has 0 aromatic carbocycles. The summed E-state index contributed by atoms with van der Waals surface area (Å²) in [7, 11) is 0. The normalized spacial score (nSPS) is 24.4. The molecule has 0 aromatic rings. The number of nitrogens with zero attached hydrogens (tertiary/aromatic N) is 1. The second kappa shape index (κ2) is 6.59. The summed E-state index contributed by atoms with van der Waals surface area (Å²) >= 11 is 0. The number of carbonyl (C=O) groups excluding carboxylic acids is 1. The quantitative estimate of drug-likeness (QED) is 0.749. The van der Waals surface area contributed by atoms with Crippen molar-refractivity contribution >= 4 is 11.9 Å². The molecule has 17 heavy (non-hydrogen) atoms.